The summed E-state index contributed by atoms with van der Waals surface area (Å²) in [6, 6.07) is 12.2. The lowest BCUT2D eigenvalue weighted by molar-refractivity contribution is 0.230. The molecule has 3 heteroatoms. The number of hydrogen-bond acceptors (Lipinski definition) is 3. The highest BCUT2D eigenvalue weighted by Gasteiger charge is 2.12. The van der Waals surface area contributed by atoms with Crippen LogP contribution in [0.15, 0.2) is 24.3 Å². The molecule has 3 nitrogen and oxygen atoms in total. The molecule has 0 aliphatic heterocycles. The van der Waals surface area contributed by atoms with Crippen LogP contribution in [0, 0.1) is 22.7 Å². The van der Waals surface area contributed by atoms with Crippen molar-refractivity contribution in [2.75, 3.05) is 7.05 Å². The van der Waals surface area contributed by atoms with Crippen LogP contribution in [0.4, 0.5) is 0 Å². The molecule has 0 aromatic heterocycles. The summed E-state index contributed by atoms with van der Waals surface area (Å²) in [6.07, 6.45) is 1.51. The van der Waals surface area contributed by atoms with Gasteiger partial charge in [0.05, 0.1) is 24.1 Å². The third kappa shape index (κ3) is 3.90. The second kappa shape index (κ2) is 6.68. The summed E-state index contributed by atoms with van der Waals surface area (Å²) in [6.45, 7) is 2.86. The van der Waals surface area contributed by atoms with Gasteiger partial charge in [-0.25, -0.2) is 0 Å². The minimum absolute atomic E-state index is 0.283. The van der Waals surface area contributed by atoms with Gasteiger partial charge in [-0.3, -0.25) is 4.90 Å². The fraction of sp³-hybridized carbons (Fsp3) is 0.429. The zero-order chi connectivity index (χ0) is 12.7. The van der Waals surface area contributed by atoms with Crippen LogP contribution in [0.1, 0.15) is 30.9 Å². The van der Waals surface area contributed by atoms with Crippen LogP contribution in [-0.2, 0) is 6.54 Å². The van der Waals surface area contributed by atoms with E-state index in [0.29, 0.717) is 12.0 Å². The Morgan fingerprint density at radius 3 is 2.71 bits per heavy atom. The number of nitriles is 2. The van der Waals surface area contributed by atoms with Crippen LogP contribution in [0.2, 0.25) is 0 Å². The van der Waals surface area contributed by atoms with E-state index in [1.54, 1.807) is 6.07 Å². The van der Waals surface area contributed by atoms with Gasteiger partial charge < -0.3 is 0 Å². The first-order chi connectivity index (χ1) is 8.21. The van der Waals surface area contributed by atoms with Gasteiger partial charge in [-0.15, -0.1) is 0 Å². The highest BCUT2D eigenvalue weighted by molar-refractivity contribution is 5.32. The Bertz CT molecular complexity index is 440. The lowest BCUT2D eigenvalue weighted by atomic mass is 10.1. The van der Waals surface area contributed by atoms with Crippen LogP contribution in [-0.4, -0.2) is 18.0 Å². The maximum absolute atomic E-state index is 8.83. The summed E-state index contributed by atoms with van der Waals surface area (Å²) in [5, 5.41) is 17.6. The highest BCUT2D eigenvalue weighted by Crippen LogP contribution is 2.12. The van der Waals surface area contributed by atoms with E-state index in [2.05, 4.69) is 24.0 Å². The van der Waals surface area contributed by atoms with Gasteiger partial charge in [-0.2, -0.15) is 10.5 Å². The van der Waals surface area contributed by atoms with Crippen molar-refractivity contribution in [1.82, 2.24) is 4.90 Å². The van der Waals surface area contributed by atoms with Crippen LogP contribution in [0.5, 0.6) is 0 Å². The minimum Gasteiger partial charge on any atom is -0.298 e. The Labute approximate surface area is 103 Å². The first kappa shape index (κ1) is 13.2. The summed E-state index contributed by atoms with van der Waals surface area (Å²) in [5.74, 6) is 0. The molecule has 1 atom stereocenters. The van der Waals surface area contributed by atoms with Crippen molar-refractivity contribution < 1.29 is 0 Å². The molecule has 0 heterocycles. The van der Waals surface area contributed by atoms with Gasteiger partial charge in [0.25, 0.3) is 0 Å². The normalized spacial score (nSPS) is 11.8. The molecule has 1 rings (SSSR count). The van der Waals surface area contributed by atoms with Gasteiger partial charge in [-0.05, 0) is 31.2 Å². The molecule has 0 saturated carbocycles. The molecule has 1 unspecified atom stereocenters. The fourth-order valence-electron chi connectivity index (χ4n) is 1.87. The Hall–Kier alpha value is -1.84. The first-order valence-corrected chi connectivity index (χ1v) is 5.77. The summed E-state index contributed by atoms with van der Waals surface area (Å²) in [4.78, 5) is 2.17. The monoisotopic (exact) mass is 227 g/mol. The molecule has 1 aromatic rings. The van der Waals surface area contributed by atoms with Gasteiger partial charge in [0.1, 0.15) is 0 Å². The Balaban J connectivity index is 2.70. The Morgan fingerprint density at radius 2 is 2.12 bits per heavy atom. The number of hydrogen-bond donors (Lipinski definition) is 0. The maximum atomic E-state index is 8.83. The van der Waals surface area contributed by atoms with E-state index < -0.39 is 0 Å². The van der Waals surface area contributed by atoms with Crippen molar-refractivity contribution in [1.29, 1.82) is 10.5 Å². The second-order valence-electron chi connectivity index (χ2n) is 4.15. The molecule has 0 N–H and O–H groups in total. The maximum Gasteiger partial charge on any atom is 0.0991 e. The summed E-state index contributed by atoms with van der Waals surface area (Å²) in [7, 11) is 2.02. The molecule has 0 aliphatic carbocycles. The van der Waals surface area contributed by atoms with Gasteiger partial charge in [-0.1, -0.05) is 19.1 Å². The predicted molar refractivity (Wildman–Crippen MR) is 66.9 cm³/mol. The van der Waals surface area contributed by atoms with E-state index in [4.69, 9.17) is 10.5 Å². The SMILES string of the molecule is CCC(CC#N)N(C)Cc1cccc(C#N)c1. The molecule has 17 heavy (non-hydrogen) atoms. The molecular weight excluding hydrogens is 210 g/mol. The van der Waals surface area contributed by atoms with E-state index in [1.807, 2.05) is 25.2 Å². The second-order valence-corrected chi connectivity index (χ2v) is 4.15. The smallest absolute Gasteiger partial charge is 0.0991 e. The quantitative estimate of drug-likeness (QED) is 0.777. The van der Waals surface area contributed by atoms with Gasteiger partial charge >= 0.3 is 0 Å². The van der Waals surface area contributed by atoms with E-state index in [9.17, 15) is 0 Å². The van der Waals surface area contributed by atoms with E-state index in [1.165, 1.54) is 0 Å². The van der Waals surface area contributed by atoms with Crippen LogP contribution in [0.3, 0.4) is 0 Å². The Kier molecular flexibility index (Phi) is 5.20. The van der Waals surface area contributed by atoms with Crippen molar-refractivity contribution in [2.45, 2.75) is 32.4 Å². The standard InChI is InChI=1S/C14H17N3/c1-3-14(7-8-15)17(2)11-13-6-4-5-12(9-13)10-16/h4-6,9,14H,3,7,11H2,1-2H3. The summed E-state index contributed by atoms with van der Waals surface area (Å²) < 4.78 is 0. The topological polar surface area (TPSA) is 50.8 Å². The predicted octanol–water partition coefficient (Wildman–Crippen LogP) is 2.68. The van der Waals surface area contributed by atoms with Gasteiger partial charge in [0.15, 0.2) is 0 Å². The zero-order valence-corrected chi connectivity index (χ0v) is 10.3. The first-order valence-electron chi connectivity index (χ1n) is 5.77. The number of rotatable bonds is 5. The molecule has 0 aliphatic rings. The third-order valence-electron chi connectivity index (χ3n) is 2.91. The van der Waals surface area contributed by atoms with E-state index >= 15 is 0 Å². The van der Waals surface area contributed by atoms with Crippen LogP contribution < -0.4 is 0 Å². The molecule has 0 radical (unpaired) electrons. The molecule has 0 fully saturated rings. The summed E-state index contributed by atoms with van der Waals surface area (Å²) >= 11 is 0. The van der Waals surface area contributed by atoms with Gasteiger partial charge in [0, 0.05) is 12.6 Å². The van der Waals surface area contributed by atoms with E-state index in [-0.39, 0.29) is 6.04 Å². The van der Waals surface area contributed by atoms with Crippen LogP contribution in [0.25, 0.3) is 0 Å². The largest absolute Gasteiger partial charge is 0.298 e. The van der Waals surface area contributed by atoms with E-state index in [0.717, 1.165) is 18.5 Å². The number of nitrogens with zero attached hydrogens (tertiary/aromatic N) is 3. The molecule has 0 bridgehead atoms. The fourth-order valence-corrected chi connectivity index (χ4v) is 1.87. The molecule has 0 amide bonds. The molecule has 0 spiro atoms. The van der Waals surface area contributed by atoms with Crippen molar-refractivity contribution >= 4 is 0 Å². The zero-order valence-electron chi connectivity index (χ0n) is 10.3. The average Bonchev–Trinajstić information content (AvgIpc) is 2.36. The molecule has 0 saturated heterocycles. The van der Waals surface area contributed by atoms with Crippen molar-refractivity contribution in [2.24, 2.45) is 0 Å². The van der Waals surface area contributed by atoms with Crippen molar-refractivity contribution in [3.05, 3.63) is 35.4 Å². The minimum atomic E-state index is 0.283. The number of benzene rings is 1. The highest BCUT2D eigenvalue weighted by atomic mass is 15.1. The molecule has 88 valence electrons. The molecular formula is C14H17N3. The Morgan fingerprint density at radius 1 is 1.35 bits per heavy atom. The van der Waals surface area contributed by atoms with Crippen molar-refractivity contribution in [3.63, 3.8) is 0 Å². The summed E-state index contributed by atoms with van der Waals surface area (Å²) in [5.41, 5.74) is 1.80. The lowest BCUT2D eigenvalue weighted by Crippen LogP contribution is -2.30. The lowest BCUT2D eigenvalue weighted by Gasteiger charge is -2.25. The van der Waals surface area contributed by atoms with Gasteiger partial charge in [0.2, 0.25) is 0 Å². The molecule has 1 aromatic carbocycles. The third-order valence-corrected chi connectivity index (χ3v) is 2.91. The van der Waals surface area contributed by atoms with Crippen molar-refractivity contribution in [3.8, 4) is 12.1 Å². The van der Waals surface area contributed by atoms with Crippen LogP contribution >= 0.6 is 0 Å². The average molecular weight is 227 g/mol.